The molecule has 0 unspecified atom stereocenters. The molecule has 0 aliphatic carbocycles. The molecule has 0 saturated heterocycles. The van der Waals surface area contributed by atoms with Crippen molar-refractivity contribution in [3.05, 3.63) is 54.1 Å². The Labute approximate surface area is 149 Å². The lowest BCUT2D eigenvalue weighted by Crippen LogP contribution is -2.21. The third-order valence-electron chi connectivity index (χ3n) is 3.91. The lowest BCUT2D eigenvalue weighted by atomic mass is 10.1. The average molecular weight is 363 g/mol. The maximum Gasteiger partial charge on any atom is 0.175 e. The van der Waals surface area contributed by atoms with Crippen molar-refractivity contribution >= 4 is 9.84 Å². The molecular weight excluding hydrogens is 338 g/mol. The van der Waals surface area contributed by atoms with Crippen molar-refractivity contribution in [3.8, 4) is 11.5 Å². The Morgan fingerprint density at radius 3 is 2.16 bits per heavy atom. The van der Waals surface area contributed by atoms with E-state index in [-0.39, 0.29) is 6.04 Å². The highest BCUT2D eigenvalue weighted by molar-refractivity contribution is 7.90. The van der Waals surface area contributed by atoms with Crippen molar-refractivity contribution in [3.63, 3.8) is 0 Å². The molecule has 0 spiro atoms. The topological polar surface area (TPSA) is 64.6 Å². The molecule has 2 rings (SSSR count). The third kappa shape index (κ3) is 6.07. The molecule has 2 aromatic rings. The lowest BCUT2D eigenvalue weighted by Gasteiger charge is -2.15. The first-order chi connectivity index (χ1) is 11.9. The van der Waals surface area contributed by atoms with Crippen molar-refractivity contribution in [1.82, 2.24) is 5.32 Å². The smallest absolute Gasteiger partial charge is 0.175 e. The van der Waals surface area contributed by atoms with Gasteiger partial charge < -0.3 is 14.8 Å². The normalized spacial score (nSPS) is 12.6. The van der Waals surface area contributed by atoms with Gasteiger partial charge in [-0.3, -0.25) is 0 Å². The van der Waals surface area contributed by atoms with Crippen molar-refractivity contribution in [2.24, 2.45) is 0 Å². The molecule has 6 heteroatoms. The quantitative estimate of drug-likeness (QED) is 0.693. The summed E-state index contributed by atoms with van der Waals surface area (Å²) in [6.45, 7) is 3.49. The average Bonchev–Trinajstić information content (AvgIpc) is 2.61. The Morgan fingerprint density at radius 2 is 1.60 bits per heavy atom. The summed E-state index contributed by atoms with van der Waals surface area (Å²) in [7, 11) is -1.51. The van der Waals surface area contributed by atoms with Gasteiger partial charge in [0.2, 0.25) is 0 Å². The first-order valence-corrected chi connectivity index (χ1v) is 10.1. The van der Waals surface area contributed by atoms with Crippen LogP contribution in [0.3, 0.4) is 0 Å². The molecule has 0 amide bonds. The predicted octanol–water partition coefficient (Wildman–Crippen LogP) is 3.22. The van der Waals surface area contributed by atoms with E-state index in [4.69, 9.17) is 9.47 Å². The maximum absolute atomic E-state index is 11.5. The Balaban J connectivity index is 1.72. The van der Waals surface area contributed by atoms with Crippen LogP contribution in [-0.2, 0) is 9.84 Å². The van der Waals surface area contributed by atoms with Crippen LogP contribution in [-0.4, -0.2) is 34.9 Å². The molecular formula is C19H25NO4S. The van der Waals surface area contributed by atoms with Crippen molar-refractivity contribution < 1.29 is 17.9 Å². The van der Waals surface area contributed by atoms with Gasteiger partial charge in [-0.15, -0.1) is 0 Å². The number of ether oxygens (including phenoxy) is 2. The molecule has 0 radical (unpaired) electrons. The molecule has 0 fully saturated rings. The van der Waals surface area contributed by atoms with E-state index in [9.17, 15) is 8.42 Å². The zero-order valence-electron chi connectivity index (χ0n) is 14.9. The van der Waals surface area contributed by atoms with Gasteiger partial charge in [-0.25, -0.2) is 8.42 Å². The minimum absolute atomic E-state index is 0.148. The second-order valence-electron chi connectivity index (χ2n) is 5.89. The van der Waals surface area contributed by atoms with Crippen LogP contribution in [0.4, 0.5) is 0 Å². The van der Waals surface area contributed by atoms with Crippen LogP contribution in [0.25, 0.3) is 0 Å². The number of nitrogens with one attached hydrogen (secondary N) is 1. The molecule has 2 aromatic carbocycles. The fraction of sp³-hybridized carbons (Fsp3) is 0.368. The summed E-state index contributed by atoms with van der Waals surface area (Å²) >= 11 is 0. The third-order valence-corrected chi connectivity index (χ3v) is 5.04. The monoisotopic (exact) mass is 363 g/mol. The van der Waals surface area contributed by atoms with E-state index < -0.39 is 9.84 Å². The number of sulfone groups is 1. The summed E-state index contributed by atoms with van der Waals surface area (Å²) in [6.07, 6.45) is 2.09. The number of hydrogen-bond donors (Lipinski definition) is 1. The number of hydrogen-bond acceptors (Lipinski definition) is 5. The van der Waals surface area contributed by atoms with E-state index in [1.54, 1.807) is 19.2 Å². The van der Waals surface area contributed by atoms with Gasteiger partial charge in [0.25, 0.3) is 0 Å². The molecule has 0 heterocycles. The molecule has 5 nitrogen and oxygen atoms in total. The van der Waals surface area contributed by atoms with E-state index in [0.29, 0.717) is 11.5 Å². The SMILES string of the molecule is COc1ccc(OCCCN[C@H](C)c2ccc(S(C)(=O)=O)cc2)cc1. The summed E-state index contributed by atoms with van der Waals surface area (Å²) in [6, 6.07) is 14.7. The van der Waals surface area contributed by atoms with E-state index in [1.165, 1.54) is 6.26 Å². The number of rotatable bonds is 9. The van der Waals surface area contributed by atoms with Crippen molar-refractivity contribution in [1.29, 1.82) is 0 Å². The summed E-state index contributed by atoms with van der Waals surface area (Å²) < 4.78 is 33.7. The minimum Gasteiger partial charge on any atom is -0.497 e. The minimum atomic E-state index is -3.15. The molecule has 0 saturated carbocycles. The van der Waals surface area contributed by atoms with Gasteiger partial charge >= 0.3 is 0 Å². The first kappa shape index (κ1) is 19.3. The zero-order chi connectivity index (χ0) is 18.3. The second kappa shape index (κ2) is 8.87. The predicted molar refractivity (Wildman–Crippen MR) is 99.1 cm³/mol. The highest BCUT2D eigenvalue weighted by Gasteiger charge is 2.09. The standard InChI is InChI=1S/C19H25NO4S/c1-15(16-5-11-19(12-6-16)25(3,21)22)20-13-4-14-24-18-9-7-17(23-2)8-10-18/h5-12,15,20H,4,13-14H2,1-3H3/t15-/m1/s1. The molecule has 0 aliphatic heterocycles. The lowest BCUT2D eigenvalue weighted by molar-refractivity contribution is 0.305. The molecule has 0 aliphatic rings. The summed E-state index contributed by atoms with van der Waals surface area (Å²) in [5, 5.41) is 3.41. The Morgan fingerprint density at radius 1 is 1.00 bits per heavy atom. The van der Waals surface area contributed by atoms with Crippen molar-refractivity contribution in [2.75, 3.05) is 26.5 Å². The van der Waals surface area contributed by atoms with E-state index in [2.05, 4.69) is 12.2 Å². The van der Waals surface area contributed by atoms with Crippen LogP contribution >= 0.6 is 0 Å². The molecule has 1 N–H and O–H groups in total. The largest absolute Gasteiger partial charge is 0.497 e. The van der Waals surface area contributed by atoms with Crippen molar-refractivity contribution in [2.45, 2.75) is 24.3 Å². The van der Waals surface area contributed by atoms with Gasteiger partial charge in [0, 0.05) is 12.3 Å². The van der Waals surface area contributed by atoms with Crippen LogP contribution in [0.2, 0.25) is 0 Å². The molecule has 0 bridgehead atoms. The zero-order valence-corrected chi connectivity index (χ0v) is 15.7. The maximum atomic E-state index is 11.5. The molecule has 0 aromatic heterocycles. The summed E-state index contributed by atoms with van der Waals surface area (Å²) in [5.74, 6) is 1.63. The van der Waals surface area contributed by atoms with Gasteiger partial charge in [0.1, 0.15) is 11.5 Å². The Kier molecular flexibility index (Phi) is 6.84. The highest BCUT2D eigenvalue weighted by Crippen LogP contribution is 2.18. The van der Waals surface area contributed by atoms with Crippen LogP contribution in [0.5, 0.6) is 11.5 Å². The number of methoxy groups -OCH3 is 1. The van der Waals surface area contributed by atoms with E-state index >= 15 is 0 Å². The molecule has 25 heavy (non-hydrogen) atoms. The second-order valence-corrected chi connectivity index (χ2v) is 7.91. The fourth-order valence-electron chi connectivity index (χ4n) is 2.37. The highest BCUT2D eigenvalue weighted by atomic mass is 32.2. The number of benzene rings is 2. The fourth-order valence-corrected chi connectivity index (χ4v) is 3.00. The summed E-state index contributed by atoms with van der Waals surface area (Å²) in [4.78, 5) is 0.344. The van der Waals surface area contributed by atoms with Crippen LogP contribution in [0, 0.1) is 0 Å². The van der Waals surface area contributed by atoms with Gasteiger partial charge in [-0.1, -0.05) is 12.1 Å². The van der Waals surface area contributed by atoms with E-state index in [1.807, 2.05) is 36.4 Å². The van der Waals surface area contributed by atoms with Crippen LogP contribution < -0.4 is 14.8 Å². The van der Waals surface area contributed by atoms with E-state index in [0.717, 1.165) is 30.0 Å². The van der Waals surface area contributed by atoms with Gasteiger partial charge in [0.15, 0.2) is 9.84 Å². The molecule has 136 valence electrons. The Hall–Kier alpha value is -2.05. The van der Waals surface area contributed by atoms with Crippen LogP contribution in [0.15, 0.2) is 53.4 Å². The molecule has 1 atom stereocenters. The first-order valence-electron chi connectivity index (χ1n) is 8.20. The summed E-state index contributed by atoms with van der Waals surface area (Å²) in [5.41, 5.74) is 1.06. The van der Waals surface area contributed by atoms with Gasteiger partial charge in [-0.2, -0.15) is 0 Å². The van der Waals surface area contributed by atoms with Crippen LogP contribution in [0.1, 0.15) is 24.9 Å². The van der Waals surface area contributed by atoms with Gasteiger partial charge in [0.05, 0.1) is 18.6 Å². The Bertz CT molecular complexity index is 755. The van der Waals surface area contributed by atoms with Gasteiger partial charge in [-0.05, 0) is 61.9 Å².